The van der Waals surface area contributed by atoms with Crippen LogP contribution < -0.4 is 14.8 Å². The fraction of sp³-hybridized carbons (Fsp3) is 0.462. The molecule has 0 atom stereocenters. The topological polar surface area (TPSA) is 47.6 Å². The predicted molar refractivity (Wildman–Crippen MR) is 66.4 cm³/mol. The summed E-state index contributed by atoms with van der Waals surface area (Å²) in [7, 11) is 3.24. The molecule has 94 valence electrons. The number of hydrogen-bond donors (Lipinski definition) is 1. The SMILES string of the molecule is CCC(=O)NCc1ccc(OC)c(C)c1OC. The molecular weight excluding hydrogens is 218 g/mol. The highest BCUT2D eigenvalue weighted by atomic mass is 16.5. The van der Waals surface area contributed by atoms with E-state index in [0.29, 0.717) is 13.0 Å². The second kappa shape index (κ2) is 6.13. The number of ether oxygens (including phenoxy) is 2. The molecule has 0 spiro atoms. The minimum atomic E-state index is 0.0283. The van der Waals surface area contributed by atoms with Crippen LogP contribution in [0.5, 0.6) is 11.5 Å². The summed E-state index contributed by atoms with van der Waals surface area (Å²) in [6, 6.07) is 3.78. The molecule has 1 rings (SSSR count). The maximum atomic E-state index is 11.2. The van der Waals surface area contributed by atoms with Crippen LogP contribution in [0.1, 0.15) is 24.5 Å². The van der Waals surface area contributed by atoms with E-state index in [4.69, 9.17) is 9.47 Å². The molecule has 0 aliphatic carbocycles. The molecule has 0 fully saturated rings. The van der Waals surface area contributed by atoms with Gasteiger partial charge in [-0.05, 0) is 19.1 Å². The Balaban J connectivity index is 2.92. The number of hydrogen-bond acceptors (Lipinski definition) is 3. The zero-order valence-electron chi connectivity index (χ0n) is 10.8. The summed E-state index contributed by atoms with van der Waals surface area (Å²) in [6.07, 6.45) is 0.484. The molecule has 4 nitrogen and oxygen atoms in total. The van der Waals surface area contributed by atoms with E-state index in [2.05, 4.69) is 5.32 Å². The van der Waals surface area contributed by atoms with Gasteiger partial charge in [0.05, 0.1) is 14.2 Å². The number of carbonyl (C=O) groups is 1. The van der Waals surface area contributed by atoms with Crippen molar-refractivity contribution in [2.24, 2.45) is 0 Å². The van der Waals surface area contributed by atoms with Crippen LogP contribution in [-0.4, -0.2) is 20.1 Å². The zero-order valence-corrected chi connectivity index (χ0v) is 10.8. The average molecular weight is 237 g/mol. The lowest BCUT2D eigenvalue weighted by molar-refractivity contribution is -0.120. The molecule has 1 aromatic carbocycles. The highest BCUT2D eigenvalue weighted by Crippen LogP contribution is 2.31. The van der Waals surface area contributed by atoms with Gasteiger partial charge in [-0.2, -0.15) is 0 Å². The molecule has 0 heterocycles. The summed E-state index contributed by atoms with van der Waals surface area (Å²) in [5.74, 6) is 1.58. The monoisotopic (exact) mass is 237 g/mol. The summed E-state index contributed by atoms with van der Waals surface area (Å²) in [5, 5.41) is 2.83. The molecule has 17 heavy (non-hydrogen) atoms. The zero-order chi connectivity index (χ0) is 12.8. The van der Waals surface area contributed by atoms with E-state index in [1.54, 1.807) is 14.2 Å². The molecule has 0 radical (unpaired) electrons. The maximum Gasteiger partial charge on any atom is 0.219 e. The van der Waals surface area contributed by atoms with Crippen molar-refractivity contribution in [1.82, 2.24) is 5.32 Å². The van der Waals surface area contributed by atoms with Crippen molar-refractivity contribution in [2.45, 2.75) is 26.8 Å². The van der Waals surface area contributed by atoms with Crippen LogP contribution in [-0.2, 0) is 11.3 Å². The van der Waals surface area contributed by atoms with E-state index >= 15 is 0 Å². The number of rotatable bonds is 5. The smallest absolute Gasteiger partial charge is 0.219 e. The van der Waals surface area contributed by atoms with Gasteiger partial charge in [-0.3, -0.25) is 4.79 Å². The molecule has 0 bridgehead atoms. The lowest BCUT2D eigenvalue weighted by Gasteiger charge is -2.14. The van der Waals surface area contributed by atoms with Crippen LogP contribution in [0.25, 0.3) is 0 Å². The van der Waals surface area contributed by atoms with Crippen molar-refractivity contribution in [3.63, 3.8) is 0 Å². The van der Waals surface area contributed by atoms with Crippen molar-refractivity contribution in [3.05, 3.63) is 23.3 Å². The van der Waals surface area contributed by atoms with Crippen LogP contribution in [0.4, 0.5) is 0 Å². The number of amides is 1. The summed E-state index contributed by atoms with van der Waals surface area (Å²) in [5.41, 5.74) is 1.89. The number of benzene rings is 1. The highest BCUT2D eigenvalue weighted by Gasteiger charge is 2.11. The molecule has 0 aliphatic rings. The third-order valence-corrected chi connectivity index (χ3v) is 2.66. The van der Waals surface area contributed by atoms with Crippen LogP contribution in [0, 0.1) is 6.92 Å². The maximum absolute atomic E-state index is 11.2. The number of nitrogens with one attached hydrogen (secondary N) is 1. The fourth-order valence-electron chi connectivity index (χ4n) is 1.69. The largest absolute Gasteiger partial charge is 0.496 e. The van der Waals surface area contributed by atoms with Crippen LogP contribution in [0.15, 0.2) is 12.1 Å². The second-order valence-corrected chi connectivity index (χ2v) is 3.72. The Hall–Kier alpha value is -1.71. The van der Waals surface area contributed by atoms with E-state index in [9.17, 15) is 4.79 Å². The molecule has 0 aliphatic heterocycles. The minimum absolute atomic E-state index is 0.0283. The van der Waals surface area contributed by atoms with Crippen molar-refractivity contribution >= 4 is 5.91 Å². The fourth-order valence-corrected chi connectivity index (χ4v) is 1.69. The van der Waals surface area contributed by atoms with Crippen molar-refractivity contribution < 1.29 is 14.3 Å². The standard InChI is InChI=1S/C13H19NO3/c1-5-12(15)14-8-10-6-7-11(16-3)9(2)13(10)17-4/h6-7H,5,8H2,1-4H3,(H,14,15). The second-order valence-electron chi connectivity index (χ2n) is 3.72. The molecule has 1 N–H and O–H groups in total. The Labute approximate surface area is 102 Å². The third-order valence-electron chi connectivity index (χ3n) is 2.66. The van der Waals surface area contributed by atoms with Gasteiger partial charge >= 0.3 is 0 Å². The molecule has 0 unspecified atom stereocenters. The summed E-state index contributed by atoms with van der Waals surface area (Å²) in [6.45, 7) is 4.23. The molecule has 0 saturated heterocycles. The van der Waals surface area contributed by atoms with E-state index in [1.165, 1.54) is 0 Å². The number of methoxy groups -OCH3 is 2. The molecule has 1 amide bonds. The third kappa shape index (κ3) is 3.12. The molecular formula is C13H19NO3. The Morgan fingerprint density at radius 1 is 1.29 bits per heavy atom. The van der Waals surface area contributed by atoms with Crippen LogP contribution in [0.2, 0.25) is 0 Å². The Bertz CT molecular complexity index is 402. The van der Waals surface area contributed by atoms with Gasteiger partial charge in [-0.1, -0.05) is 6.92 Å². The van der Waals surface area contributed by atoms with Crippen molar-refractivity contribution in [2.75, 3.05) is 14.2 Å². The predicted octanol–water partition coefficient (Wildman–Crippen LogP) is 2.04. The highest BCUT2D eigenvalue weighted by molar-refractivity contribution is 5.75. The minimum Gasteiger partial charge on any atom is -0.496 e. The van der Waals surface area contributed by atoms with Gasteiger partial charge < -0.3 is 14.8 Å². The molecule has 0 saturated carbocycles. The lowest BCUT2D eigenvalue weighted by atomic mass is 10.1. The first-order valence-electron chi connectivity index (χ1n) is 5.61. The van der Waals surface area contributed by atoms with Gasteiger partial charge in [0.25, 0.3) is 0 Å². The molecule has 0 aromatic heterocycles. The van der Waals surface area contributed by atoms with Crippen LogP contribution in [0.3, 0.4) is 0 Å². The Morgan fingerprint density at radius 2 is 2.00 bits per heavy atom. The quantitative estimate of drug-likeness (QED) is 0.852. The van der Waals surface area contributed by atoms with E-state index in [0.717, 1.165) is 22.6 Å². The van der Waals surface area contributed by atoms with E-state index < -0.39 is 0 Å². The normalized spacial score (nSPS) is 9.88. The lowest BCUT2D eigenvalue weighted by Crippen LogP contribution is -2.21. The van der Waals surface area contributed by atoms with Gasteiger partial charge in [0, 0.05) is 24.1 Å². The molecule has 4 heteroatoms. The summed E-state index contributed by atoms with van der Waals surface area (Å²) < 4.78 is 10.6. The van der Waals surface area contributed by atoms with Gasteiger partial charge in [-0.25, -0.2) is 0 Å². The van der Waals surface area contributed by atoms with Gasteiger partial charge in [0.15, 0.2) is 0 Å². The van der Waals surface area contributed by atoms with Crippen LogP contribution >= 0.6 is 0 Å². The first-order valence-corrected chi connectivity index (χ1v) is 5.61. The first kappa shape index (κ1) is 13.4. The average Bonchev–Trinajstić information content (AvgIpc) is 2.35. The first-order chi connectivity index (χ1) is 8.13. The van der Waals surface area contributed by atoms with Gasteiger partial charge in [0.2, 0.25) is 5.91 Å². The van der Waals surface area contributed by atoms with E-state index in [-0.39, 0.29) is 5.91 Å². The Morgan fingerprint density at radius 3 is 2.53 bits per heavy atom. The van der Waals surface area contributed by atoms with Gasteiger partial charge in [-0.15, -0.1) is 0 Å². The summed E-state index contributed by atoms with van der Waals surface area (Å²) >= 11 is 0. The van der Waals surface area contributed by atoms with Crippen molar-refractivity contribution in [1.29, 1.82) is 0 Å². The summed E-state index contributed by atoms with van der Waals surface area (Å²) in [4.78, 5) is 11.2. The van der Waals surface area contributed by atoms with Gasteiger partial charge in [0.1, 0.15) is 11.5 Å². The molecule has 1 aromatic rings. The number of carbonyl (C=O) groups excluding carboxylic acids is 1. The van der Waals surface area contributed by atoms with Crippen molar-refractivity contribution in [3.8, 4) is 11.5 Å². The Kier molecular flexibility index (Phi) is 4.82. The van der Waals surface area contributed by atoms with E-state index in [1.807, 2.05) is 26.0 Å².